The van der Waals surface area contributed by atoms with Crippen LogP contribution in [0.15, 0.2) is 72.8 Å². The second kappa shape index (κ2) is 6.49. The van der Waals surface area contributed by atoms with E-state index in [1.165, 1.54) is 16.8 Å². The minimum atomic E-state index is 0.684. The number of anilines is 3. The summed E-state index contributed by atoms with van der Waals surface area (Å²) in [6, 6.07) is 24.3. The highest BCUT2D eigenvalue weighted by atomic mass is 16.1. The van der Waals surface area contributed by atoms with Crippen molar-refractivity contribution in [1.82, 2.24) is 0 Å². The van der Waals surface area contributed by atoms with Gasteiger partial charge in [0.1, 0.15) is 6.29 Å². The van der Waals surface area contributed by atoms with Crippen molar-refractivity contribution in [2.24, 2.45) is 0 Å². The van der Waals surface area contributed by atoms with Crippen molar-refractivity contribution in [1.29, 1.82) is 0 Å². The van der Waals surface area contributed by atoms with Crippen molar-refractivity contribution in [3.63, 3.8) is 0 Å². The predicted octanol–water partition coefficient (Wildman–Crippen LogP) is 5.59. The van der Waals surface area contributed by atoms with Gasteiger partial charge in [0, 0.05) is 16.9 Å². The van der Waals surface area contributed by atoms with Gasteiger partial charge in [0.15, 0.2) is 0 Å². The number of carbonyl (C=O) groups is 1. The Labute approximate surface area is 137 Å². The summed E-state index contributed by atoms with van der Waals surface area (Å²) in [6.45, 7) is 4.25. The number of nitrogens with zero attached hydrogens (tertiary/aromatic N) is 1. The quantitative estimate of drug-likeness (QED) is 0.586. The molecule has 0 unspecified atom stereocenters. The smallest absolute Gasteiger partial charge is 0.150 e. The second-order valence-corrected chi connectivity index (χ2v) is 5.62. The molecule has 0 aliphatic heterocycles. The number of para-hydroxylation sites is 2. The number of aldehydes is 1. The SMILES string of the molecule is Cc1cccc(C)c1N(c1ccccc1)c1ccc(C=O)cc1. The highest BCUT2D eigenvalue weighted by Crippen LogP contribution is 2.38. The van der Waals surface area contributed by atoms with Crippen molar-refractivity contribution in [3.05, 3.63) is 89.5 Å². The van der Waals surface area contributed by atoms with E-state index in [2.05, 4.69) is 49.1 Å². The minimum Gasteiger partial charge on any atom is -0.310 e. The Morgan fingerprint density at radius 3 is 1.83 bits per heavy atom. The fourth-order valence-corrected chi connectivity index (χ4v) is 2.84. The number of hydrogen-bond donors (Lipinski definition) is 0. The molecule has 0 aliphatic rings. The van der Waals surface area contributed by atoms with Crippen LogP contribution in [-0.2, 0) is 0 Å². The second-order valence-electron chi connectivity index (χ2n) is 5.62. The summed E-state index contributed by atoms with van der Waals surface area (Å²) in [7, 11) is 0. The van der Waals surface area contributed by atoms with Crippen LogP contribution in [0.3, 0.4) is 0 Å². The zero-order valence-electron chi connectivity index (χ0n) is 13.4. The predicted molar refractivity (Wildman–Crippen MR) is 96.0 cm³/mol. The molecule has 114 valence electrons. The van der Waals surface area contributed by atoms with Gasteiger partial charge in [-0.2, -0.15) is 0 Å². The van der Waals surface area contributed by atoms with Gasteiger partial charge in [0.2, 0.25) is 0 Å². The molecule has 0 bridgehead atoms. The van der Waals surface area contributed by atoms with Gasteiger partial charge in [-0.25, -0.2) is 0 Å². The zero-order chi connectivity index (χ0) is 16.2. The molecule has 0 atom stereocenters. The first-order valence-electron chi connectivity index (χ1n) is 7.67. The maximum absolute atomic E-state index is 10.9. The lowest BCUT2D eigenvalue weighted by atomic mass is 10.1. The molecule has 3 aromatic rings. The third-order valence-corrected chi connectivity index (χ3v) is 3.96. The fraction of sp³-hybridized carbons (Fsp3) is 0.0952. The molecule has 0 amide bonds. The van der Waals surface area contributed by atoms with Crippen LogP contribution in [0.4, 0.5) is 17.1 Å². The molecule has 0 saturated heterocycles. The Hall–Kier alpha value is -2.87. The van der Waals surface area contributed by atoms with E-state index in [4.69, 9.17) is 0 Å². The van der Waals surface area contributed by atoms with Crippen molar-refractivity contribution >= 4 is 23.3 Å². The molecule has 23 heavy (non-hydrogen) atoms. The van der Waals surface area contributed by atoms with Crippen LogP contribution in [0.5, 0.6) is 0 Å². The summed E-state index contributed by atoms with van der Waals surface area (Å²) >= 11 is 0. The maximum Gasteiger partial charge on any atom is 0.150 e. The lowest BCUT2D eigenvalue weighted by Gasteiger charge is -2.28. The van der Waals surface area contributed by atoms with E-state index < -0.39 is 0 Å². The summed E-state index contributed by atoms with van der Waals surface area (Å²) in [5.74, 6) is 0. The van der Waals surface area contributed by atoms with Crippen LogP contribution in [-0.4, -0.2) is 6.29 Å². The van der Waals surface area contributed by atoms with Crippen molar-refractivity contribution < 1.29 is 4.79 Å². The number of aryl methyl sites for hydroxylation is 2. The van der Waals surface area contributed by atoms with Crippen molar-refractivity contribution in [2.75, 3.05) is 4.90 Å². The minimum absolute atomic E-state index is 0.684. The standard InChI is InChI=1S/C21H19NO/c1-16-7-6-8-17(2)21(16)22(19-9-4-3-5-10-19)20-13-11-18(15-23)12-14-20/h3-15H,1-2H3. The van der Waals surface area contributed by atoms with Crippen LogP contribution in [0.1, 0.15) is 21.5 Å². The van der Waals surface area contributed by atoms with Gasteiger partial charge in [-0.15, -0.1) is 0 Å². The number of rotatable bonds is 4. The summed E-state index contributed by atoms with van der Waals surface area (Å²) in [5, 5.41) is 0. The Morgan fingerprint density at radius 1 is 0.696 bits per heavy atom. The van der Waals surface area contributed by atoms with Crippen LogP contribution in [0.25, 0.3) is 0 Å². The number of carbonyl (C=O) groups excluding carboxylic acids is 1. The van der Waals surface area contributed by atoms with E-state index >= 15 is 0 Å². The van der Waals surface area contributed by atoms with E-state index in [9.17, 15) is 4.79 Å². The summed E-state index contributed by atoms with van der Waals surface area (Å²) in [6.07, 6.45) is 0.871. The zero-order valence-corrected chi connectivity index (χ0v) is 13.4. The fourth-order valence-electron chi connectivity index (χ4n) is 2.84. The Balaban J connectivity index is 2.20. The van der Waals surface area contributed by atoms with Gasteiger partial charge < -0.3 is 4.90 Å². The topological polar surface area (TPSA) is 20.3 Å². The molecule has 0 aromatic heterocycles. The average molecular weight is 301 g/mol. The molecule has 0 fully saturated rings. The molecule has 0 N–H and O–H groups in total. The van der Waals surface area contributed by atoms with Crippen LogP contribution >= 0.6 is 0 Å². The Morgan fingerprint density at radius 2 is 1.26 bits per heavy atom. The van der Waals surface area contributed by atoms with E-state index in [1.54, 1.807) is 0 Å². The van der Waals surface area contributed by atoms with Crippen molar-refractivity contribution in [2.45, 2.75) is 13.8 Å². The largest absolute Gasteiger partial charge is 0.310 e. The highest BCUT2D eigenvalue weighted by molar-refractivity contribution is 5.82. The first-order chi connectivity index (χ1) is 11.2. The normalized spacial score (nSPS) is 10.3. The van der Waals surface area contributed by atoms with Crippen LogP contribution in [0.2, 0.25) is 0 Å². The summed E-state index contributed by atoms with van der Waals surface area (Å²) < 4.78 is 0. The van der Waals surface area contributed by atoms with Gasteiger partial charge in [-0.3, -0.25) is 4.79 Å². The summed E-state index contributed by atoms with van der Waals surface area (Å²) in [5.41, 5.74) is 6.44. The van der Waals surface area contributed by atoms with Gasteiger partial charge in [0.25, 0.3) is 0 Å². The van der Waals surface area contributed by atoms with Gasteiger partial charge in [-0.1, -0.05) is 36.4 Å². The van der Waals surface area contributed by atoms with E-state index in [1.807, 2.05) is 42.5 Å². The van der Waals surface area contributed by atoms with Gasteiger partial charge in [0.05, 0.1) is 5.69 Å². The highest BCUT2D eigenvalue weighted by Gasteiger charge is 2.16. The Bertz CT molecular complexity index is 787. The van der Waals surface area contributed by atoms with E-state index in [0.717, 1.165) is 17.7 Å². The number of benzene rings is 3. The van der Waals surface area contributed by atoms with Crippen LogP contribution < -0.4 is 4.90 Å². The molecule has 3 rings (SSSR count). The molecule has 0 radical (unpaired) electrons. The first-order valence-corrected chi connectivity index (χ1v) is 7.67. The number of hydrogen-bond acceptors (Lipinski definition) is 2. The molecule has 2 nitrogen and oxygen atoms in total. The lowest BCUT2D eigenvalue weighted by molar-refractivity contribution is 0.112. The van der Waals surface area contributed by atoms with Crippen LogP contribution in [0, 0.1) is 13.8 Å². The molecule has 0 aliphatic carbocycles. The lowest BCUT2D eigenvalue weighted by Crippen LogP contribution is -2.12. The molecule has 0 spiro atoms. The van der Waals surface area contributed by atoms with E-state index in [-0.39, 0.29) is 0 Å². The van der Waals surface area contributed by atoms with Gasteiger partial charge in [-0.05, 0) is 61.4 Å². The summed E-state index contributed by atoms with van der Waals surface area (Å²) in [4.78, 5) is 13.2. The van der Waals surface area contributed by atoms with Crippen molar-refractivity contribution in [3.8, 4) is 0 Å². The monoisotopic (exact) mass is 301 g/mol. The Kier molecular flexibility index (Phi) is 4.24. The first kappa shape index (κ1) is 15.0. The molecular weight excluding hydrogens is 282 g/mol. The third-order valence-electron chi connectivity index (χ3n) is 3.96. The molecular formula is C21H19NO. The maximum atomic E-state index is 10.9. The molecule has 3 aromatic carbocycles. The third kappa shape index (κ3) is 3.02. The van der Waals surface area contributed by atoms with Gasteiger partial charge >= 0.3 is 0 Å². The molecule has 0 saturated carbocycles. The molecule has 2 heteroatoms. The average Bonchev–Trinajstić information content (AvgIpc) is 2.59. The van der Waals surface area contributed by atoms with E-state index in [0.29, 0.717) is 5.56 Å². The molecule has 0 heterocycles.